The van der Waals surface area contributed by atoms with Gasteiger partial charge in [0.05, 0.1) is 0 Å². The molecule has 1 atom stereocenters. The van der Waals surface area contributed by atoms with E-state index in [1.54, 1.807) is 12.3 Å². The smallest absolute Gasteiger partial charge is 0.158 e. The molecule has 1 aliphatic rings. The minimum Gasteiger partial charge on any atom is -0.384 e. The molecule has 1 aliphatic carbocycles. The maximum Gasteiger partial charge on any atom is 0.158 e. The molecular formula is C18H18N2O. The summed E-state index contributed by atoms with van der Waals surface area (Å²) in [5, 5.41) is 3.37. The van der Waals surface area contributed by atoms with E-state index in [4.69, 9.17) is 0 Å². The summed E-state index contributed by atoms with van der Waals surface area (Å²) >= 11 is 0. The Morgan fingerprint density at radius 1 is 1.10 bits per heavy atom. The minimum atomic E-state index is 0.198. The number of nitrogens with zero attached hydrogens (tertiary/aromatic N) is 1. The van der Waals surface area contributed by atoms with Gasteiger partial charge in [-0.05, 0) is 29.5 Å². The third-order valence-corrected chi connectivity index (χ3v) is 3.76. The van der Waals surface area contributed by atoms with Gasteiger partial charge in [-0.25, -0.2) is 0 Å². The molecule has 1 N–H and O–H groups in total. The van der Waals surface area contributed by atoms with E-state index in [1.165, 1.54) is 5.56 Å². The first kappa shape index (κ1) is 13.6. The van der Waals surface area contributed by atoms with Gasteiger partial charge in [0.15, 0.2) is 5.78 Å². The Bertz CT molecular complexity index is 635. The fraction of sp³-hybridized carbons (Fsp3) is 0.222. The minimum absolute atomic E-state index is 0.198. The highest BCUT2D eigenvalue weighted by Gasteiger charge is 2.21. The van der Waals surface area contributed by atoms with Crippen molar-refractivity contribution in [3.63, 3.8) is 0 Å². The van der Waals surface area contributed by atoms with Crippen molar-refractivity contribution < 1.29 is 4.79 Å². The summed E-state index contributed by atoms with van der Waals surface area (Å²) in [4.78, 5) is 16.0. The van der Waals surface area contributed by atoms with E-state index in [1.807, 2.05) is 36.5 Å². The number of benzene rings is 1. The molecule has 0 saturated carbocycles. The first-order chi connectivity index (χ1) is 10.3. The second-order valence-corrected chi connectivity index (χ2v) is 5.37. The third-order valence-electron chi connectivity index (χ3n) is 3.76. The molecule has 0 saturated heterocycles. The lowest BCUT2D eigenvalue weighted by molar-refractivity contribution is -0.115. The first-order valence-corrected chi connectivity index (χ1v) is 7.22. The van der Waals surface area contributed by atoms with Gasteiger partial charge in [-0.15, -0.1) is 0 Å². The predicted octanol–water partition coefficient (Wildman–Crippen LogP) is 3.20. The number of aromatic nitrogens is 1. The Hall–Kier alpha value is -2.42. The molecule has 1 aromatic carbocycles. The third kappa shape index (κ3) is 3.57. The molecule has 0 unspecified atom stereocenters. The lowest BCUT2D eigenvalue weighted by Crippen LogP contribution is -2.21. The van der Waals surface area contributed by atoms with Crippen LogP contribution in [0.2, 0.25) is 0 Å². The Morgan fingerprint density at radius 2 is 1.95 bits per heavy atom. The Labute approximate surface area is 124 Å². The van der Waals surface area contributed by atoms with Crippen molar-refractivity contribution in [2.75, 3.05) is 0 Å². The van der Waals surface area contributed by atoms with Gasteiger partial charge < -0.3 is 5.32 Å². The SMILES string of the molecule is O=C1C=C(NCc2cccnc2)C[C@H](c2ccccc2)C1. The molecule has 3 nitrogen and oxygen atoms in total. The number of rotatable bonds is 4. The van der Waals surface area contributed by atoms with Crippen LogP contribution in [0, 0.1) is 0 Å². The summed E-state index contributed by atoms with van der Waals surface area (Å²) in [7, 11) is 0. The molecule has 0 bridgehead atoms. The van der Waals surface area contributed by atoms with Crippen LogP contribution < -0.4 is 5.32 Å². The second kappa shape index (κ2) is 6.35. The first-order valence-electron chi connectivity index (χ1n) is 7.22. The van der Waals surface area contributed by atoms with Crippen molar-refractivity contribution >= 4 is 5.78 Å². The zero-order valence-electron chi connectivity index (χ0n) is 11.8. The fourth-order valence-electron chi connectivity index (χ4n) is 2.70. The van der Waals surface area contributed by atoms with Crippen LogP contribution in [0.4, 0.5) is 0 Å². The van der Waals surface area contributed by atoms with Crippen molar-refractivity contribution in [2.24, 2.45) is 0 Å². The van der Waals surface area contributed by atoms with Crippen LogP contribution in [-0.2, 0) is 11.3 Å². The predicted molar refractivity (Wildman–Crippen MR) is 82.6 cm³/mol. The van der Waals surface area contributed by atoms with Crippen molar-refractivity contribution in [3.8, 4) is 0 Å². The number of pyridine rings is 1. The number of hydrogen-bond acceptors (Lipinski definition) is 3. The van der Waals surface area contributed by atoms with E-state index in [0.29, 0.717) is 13.0 Å². The van der Waals surface area contributed by atoms with Crippen LogP contribution in [0.25, 0.3) is 0 Å². The van der Waals surface area contributed by atoms with Crippen LogP contribution in [0.5, 0.6) is 0 Å². The largest absolute Gasteiger partial charge is 0.384 e. The van der Waals surface area contributed by atoms with Gasteiger partial charge in [0, 0.05) is 37.1 Å². The van der Waals surface area contributed by atoms with Crippen LogP contribution >= 0.6 is 0 Å². The van der Waals surface area contributed by atoms with Crippen LogP contribution in [0.1, 0.15) is 29.9 Å². The van der Waals surface area contributed by atoms with Crippen LogP contribution in [0.3, 0.4) is 0 Å². The summed E-state index contributed by atoms with van der Waals surface area (Å²) < 4.78 is 0. The molecule has 1 aromatic heterocycles. The van der Waals surface area contributed by atoms with Crippen molar-refractivity contribution in [1.82, 2.24) is 10.3 Å². The Balaban J connectivity index is 1.67. The maximum atomic E-state index is 11.9. The van der Waals surface area contributed by atoms with Gasteiger partial charge in [-0.3, -0.25) is 9.78 Å². The summed E-state index contributed by atoms with van der Waals surface area (Å²) in [6, 6.07) is 14.2. The van der Waals surface area contributed by atoms with Crippen molar-refractivity contribution in [1.29, 1.82) is 0 Å². The summed E-state index contributed by atoms with van der Waals surface area (Å²) in [5.41, 5.74) is 3.37. The lowest BCUT2D eigenvalue weighted by Gasteiger charge is -2.23. The highest BCUT2D eigenvalue weighted by molar-refractivity contribution is 5.91. The summed E-state index contributed by atoms with van der Waals surface area (Å²) in [5.74, 6) is 0.476. The molecule has 3 heteroatoms. The van der Waals surface area contributed by atoms with Crippen molar-refractivity contribution in [3.05, 3.63) is 77.8 Å². The highest BCUT2D eigenvalue weighted by atomic mass is 16.1. The normalized spacial score (nSPS) is 18.2. The van der Waals surface area contributed by atoms with E-state index in [0.717, 1.165) is 17.7 Å². The second-order valence-electron chi connectivity index (χ2n) is 5.37. The van der Waals surface area contributed by atoms with Gasteiger partial charge in [-0.1, -0.05) is 36.4 Å². The van der Waals surface area contributed by atoms with E-state index in [-0.39, 0.29) is 11.7 Å². The van der Waals surface area contributed by atoms with Gasteiger partial charge in [0.2, 0.25) is 0 Å². The lowest BCUT2D eigenvalue weighted by atomic mass is 9.85. The number of ketones is 1. The molecule has 0 fully saturated rings. The number of allylic oxidation sites excluding steroid dienone is 2. The van der Waals surface area contributed by atoms with Gasteiger partial charge in [-0.2, -0.15) is 0 Å². The molecule has 2 aromatic rings. The molecule has 0 spiro atoms. The molecule has 106 valence electrons. The molecule has 0 radical (unpaired) electrons. The number of hydrogen-bond donors (Lipinski definition) is 1. The van der Waals surface area contributed by atoms with E-state index >= 15 is 0 Å². The summed E-state index contributed by atoms with van der Waals surface area (Å²) in [6.07, 6.45) is 6.83. The average molecular weight is 278 g/mol. The van der Waals surface area contributed by atoms with Crippen LogP contribution in [0.15, 0.2) is 66.6 Å². The number of nitrogens with one attached hydrogen (secondary N) is 1. The molecule has 0 amide bonds. The highest BCUT2D eigenvalue weighted by Crippen LogP contribution is 2.30. The fourth-order valence-corrected chi connectivity index (χ4v) is 2.70. The van der Waals surface area contributed by atoms with E-state index in [2.05, 4.69) is 22.4 Å². The topological polar surface area (TPSA) is 42.0 Å². The van der Waals surface area contributed by atoms with Crippen LogP contribution in [-0.4, -0.2) is 10.8 Å². The number of carbonyl (C=O) groups excluding carboxylic acids is 1. The monoisotopic (exact) mass is 278 g/mol. The Kier molecular flexibility index (Phi) is 4.10. The standard InChI is InChI=1S/C18H18N2O/c21-18-10-16(15-6-2-1-3-7-15)9-17(11-18)20-13-14-5-4-8-19-12-14/h1-8,11-12,16,20H,9-10,13H2/t16-/m0/s1. The molecule has 21 heavy (non-hydrogen) atoms. The zero-order valence-corrected chi connectivity index (χ0v) is 11.8. The average Bonchev–Trinajstić information content (AvgIpc) is 2.54. The molecular weight excluding hydrogens is 260 g/mol. The zero-order chi connectivity index (χ0) is 14.5. The molecule has 1 heterocycles. The van der Waals surface area contributed by atoms with E-state index in [9.17, 15) is 4.79 Å². The molecule has 3 rings (SSSR count). The quantitative estimate of drug-likeness (QED) is 0.933. The molecule has 0 aliphatic heterocycles. The van der Waals surface area contributed by atoms with Gasteiger partial charge >= 0.3 is 0 Å². The number of carbonyl (C=O) groups is 1. The Morgan fingerprint density at radius 3 is 2.71 bits per heavy atom. The maximum absolute atomic E-state index is 11.9. The summed E-state index contributed by atoms with van der Waals surface area (Å²) in [6.45, 7) is 0.703. The van der Waals surface area contributed by atoms with Gasteiger partial charge in [0.1, 0.15) is 0 Å². The van der Waals surface area contributed by atoms with Crippen molar-refractivity contribution in [2.45, 2.75) is 25.3 Å². The van der Waals surface area contributed by atoms with E-state index < -0.39 is 0 Å². The van der Waals surface area contributed by atoms with Gasteiger partial charge in [0.25, 0.3) is 0 Å².